The van der Waals surface area contributed by atoms with Crippen LogP contribution in [0.2, 0.25) is 0 Å². The van der Waals surface area contributed by atoms with E-state index in [4.69, 9.17) is 9.47 Å². The second-order valence-corrected chi connectivity index (χ2v) is 6.14. The zero-order chi connectivity index (χ0) is 21.6. The molecule has 0 fully saturated rings. The Labute approximate surface area is 165 Å². The molecule has 10 heteroatoms. The number of hydrogen-bond acceptors (Lipinski definition) is 5. The molecule has 0 radical (unpaired) electrons. The third kappa shape index (κ3) is 6.98. The van der Waals surface area contributed by atoms with E-state index in [1.807, 2.05) is 0 Å². The van der Waals surface area contributed by atoms with Crippen molar-refractivity contribution in [2.45, 2.75) is 26.6 Å². The molecule has 2 N–H and O–H groups in total. The number of alkyl halides is 3. The van der Waals surface area contributed by atoms with E-state index in [-0.39, 0.29) is 29.8 Å². The lowest BCUT2D eigenvalue weighted by Gasteiger charge is -2.14. The molecule has 0 aliphatic carbocycles. The van der Waals surface area contributed by atoms with Gasteiger partial charge in [-0.05, 0) is 36.8 Å². The predicted octanol–water partition coefficient (Wildman–Crippen LogP) is 3.23. The van der Waals surface area contributed by atoms with Crippen LogP contribution in [-0.4, -0.2) is 36.7 Å². The highest BCUT2D eigenvalue weighted by molar-refractivity contribution is 5.96. The van der Waals surface area contributed by atoms with E-state index in [0.29, 0.717) is 16.8 Å². The predicted molar refractivity (Wildman–Crippen MR) is 99.0 cm³/mol. The van der Waals surface area contributed by atoms with Crippen LogP contribution in [0.15, 0.2) is 30.3 Å². The van der Waals surface area contributed by atoms with Gasteiger partial charge in [-0.3, -0.25) is 9.59 Å². The van der Waals surface area contributed by atoms with Gasteiger partial charge in [-0.1, -0.05) is 6.07 Å². The van der Waals surface area contributed by atoms with E-state index < -0.39 is 18.7 Å². The van der Waals surface area contributed by atoms with Gasteiger partial charge in [-0.15, -0.1) is 0 Å². The number of benzene rings is 1. The number of nitrogens with zero attached hydrogens (tertiary/aromatic N) is 1. The Morgan fingerprint density at radius 2 is 1.86 bits per heavy atom. The minimum Gasteiger partial charge on any atom is -0.493 e. The lowest BCUT2D eigenvalue weighted by Crippen LogP contribution is -2.23. The number of methoxy groups -OCH3 is 1. The van der Waals surface area contributed by atoms with Crippen molar-refractivity contribution in [2.24, 2.45) is 0 Å². The molecular formula is C19H20F3N3O4. The molecule has 7 nitrogen and oxygen atoms in total. The Bertz CT molecular complexity index is 901. The highest BCUT2D eigenvalue weighted by Crippen LogP contribution is 2.29. The van der Waals surface area contributed by atoms with Gasteiger partial charge in [0.15, 0.2) is 18.1 Å². The summed E-state index contributed by atoms with van der Waals surface area (Å²) in [7, 11) is 1.31. The molecule has 1 aromatic carbocycles. The number of amides is 2. The number of anilines is 1. The van der Waals surface area contributed by atoms with Gasteiger partial charge in [0.1, 0.15) is 5.82 Å². The van der Waals surface area contributed by atoms with E-state index >= 15 is 0 Å². The molecule has 0 atom stereocenters. The Hall–Kier alpha value is -3.30. The van der Waals surface area contributed by atoms with Crippen LogP contribution < -0.4 is 20.1 Å². The van der Waals surface area contributed by atoms with E-state index in [1.165, 1.54) is 38.3 Å². The molecule has 2 rings (SSSR count). The van der Waals surface area contributed by atoms with Crippen molar-refractivity contribution in [1.29, 1.82) is 0 Å². The van der Waals surface area contributed by atoms with Crippen molar-refractivity contribution in [2.75, 3.05) is 19.0 Å². The van der Waals surface area contributed by atoms with Gasteiger partial charge >= 0.3 is 6.18 Å². The molecular weight excluding hydrogens is 391 g/mol. The standard InChI is InChI=1S/C19H20F3N3O4/c1-11-6-14(8-17(24-11)25-12(2)26)18(27)23-9-13-4-5-15(16(7-13)28-3)29-10-19(20,21)22/h4-8H,9-10H2,1-3H3,(H,23,27)(H,24,25,26). The number of rotatable bonds is 7. The first-order valence-corrected chi connectivity index (χ1v) is 8.48. The zero-order valence-electron chi connectivity index (χ0n) is 16.0. The van der Waals surface area contributed by atoms with Crippen LogP contribution in [0.25, 0.3) is 0 Å². The molecule has 0 spiro atoms. The van der Waals surface area contributed by atoms with Gasteiger partial charge < -0.3 is 20.1 Å². The van der Waals surface area contributed by atoms with Crippen LogP contribution >= 0.6 is 0 Å². The minimum absolute atomic E-state index is 0.0513. The lowest BCUT2D eigenvalue weighted by molar-refractivity contribution is -0.153. The summed E-state index contributed by atoms with van der Waals surface area (Å²) in [5.41, 5.74) is 1.45. The molecule has 0 aliphatic rings. The summed E-state index contributed by atoms with van der Waals surface area (Å²) in [5, 5.41) is 5.21. The molecule has 156 valence electrons. The number of pyridine rings is 1. The number of carbonyl (C=O) groups is 2. The van der Waals surface area contributed by atoms with Crippen LogP contribution in [0.1, 0.15) is 28.5 Å². The molecule has 2 aromatic rings. The molecule has 29 heavy (non-hydrogen) atoms. The fourth-order valence-corrected chi connectivity index (χ4v) is 2.43. The van der Waals surface area contributed by atoms with E-state index in [2.05, 4.69) is 15.6 Å². The number of aryl methyl sites for hydroxylation is 1. The maximum Gasteiger partial charge on any atom is 0.422 e. The highest BCUT2D eigenvalue weighted by atomic mass is 19.4. The van der Waals surface area contributed by atoms with E-state index in [0.717, 1.165) is 0 Å². The first kappa shape index (κ1) is 22.0. The van der Waals surface area contributed by atoms with Crippen molar-refractivity contribution < 1.29 is 32.2 Å². The molecule has 0 saturated carbocycles. The Morgan fingerprint density at radius 1 is 1.14 bits per heavy atom. The number of halogens is 3. The molecule has 0 bridgehead atoms. The van der Waals surface area contributed by atoms with Crippen LogP contribution in [0, 0.1) is 6.92 Å². The van der Waals surface area contributed by atoms with Crippen LogP contribution in [0.4, 0.5) is 19.0 Å². The SMILES string of the molecule is COc1cc(CNC(=O)c2cc(C)nc(NC(C)=O)c2)ccc1OCC(F)(F)F. The van der Waals surface area contributed by atoms with Crippen LogP contribution in [-0.2, 0) is 11.3 Å². The molecule has 1 aromatic heterocycles. The highest BCUT2D eigenvalue weighted by Gasteiger charge is 2.29. The molecule has 0 unspecified atom stereocenters. The van der Waals surface area contributed by atoms with Gasteiger partial charge in [-0.2, -0.15) is 13.2 Å². The molecule has 1 heterocycles. The average molecular weight is 411 g/mol. The quantitative estimate of drug-likeness (QED) is 0.730. The topological polar surface area (TPSA) is 89.5 Å². The molecule has 2 amide bonds. The normalized spacial score (nSPS) is 11.0. The number of nitrogens with one attached hydrogen (secondary N) is 2. The maximum absolute atomic E-state index is 12.4. The number of carbonyl (C=O) groups excluding carboxylic acids is 2. The van der Waals surface area contributed by atoms with Gasteiger partial charge in [0.05, 0.1) is 7.11 Å². The lowest BCUT2D eigenvalue weighted by atomic mass is 10.1. The van der Waals surface area contributed by atoms with Crippen LogP contribution in [0.3, 0.4) is 0 Å². The second-order valence-electron chi connectivity index (χ2n) is 6.14. The Kier molecular flexibility index (Phi) is 7.03. The van der Waals surface area contributed by atoms with Gasteiger partial charge in [-0.25, -0.2) is 4.98 Å². The van der Waals surface area contributed by atoms with Crippen LogP contribution in [0.5, 0.6) is 11.5 Å². The Balaban J connectivity index is 2.06. The van der Waals surface area contributed by atoms with Crippen molar-refractivity contribution in [1.82, 2.24) is 10.3 Å². The summed E-state index contributed by atoms with van der Waals surface area (Å²) in [6, 6.07) is 7.35. The summed E-state index contributed by atoms with van der Waals surface area (Å²) < 4.78 is 46.7. The zero-order valence-corrected chi connectivity index (χ0v) is 16.0. The van der Waals surface area contributed by atoms with Gasteiger partial charge in [0.25, 0.3) is 5.91 Å². The maximum atomic E-state index is 12.4. The summed E-state index contributed by atoms with van der Waals surface area (Å²) in [5.74, 6) is -0.387. The van der Waals surface area contributed by atoms with E-state index in [9.17, 15) is 22.8 Å². The van der Waals surface area contributed by atoms with Crippen molar-refractivity contribution in [3.8, 4) is 11.5 Å². The van der Waals surface area contributed by atoms with E-state index in [1.54, 1.807) is 13.0 Å². The number of hydrogen-bond donors (Lipinski definition) is 2. The average Bonchev–Trinajstić information content (AvgIpc) is 2.62. The summed E-state index contributed by atoms with van der Waals surface area (Å²) >= 11 is 0. The van der Waals surface area contributed by atoms with Gasteiger partial charge in [0.2, 0.25) is 5.91 Å². The molecule has 0 saturated heterocycles. The van der Waals surface area contributed by atoms with Crippen molar-refractivity contribution in [3.05, 3.63) is 47.2 Å². The summed E-state index contributed by atoms with van der Waals surface area (Å²) in [6.45, 7) is 1.69. The fraction of sp³-hybridized carbons (Fsp3) is 0.316. The minimum atomic E-state index is -4.46. The monoisotopic (exact) mass is 411 g/mol. The number of aromatic nitrogens is 1. The van der Waals surface area contributed by atoms with Crippen molar-refractivity contribution >= 4 is 17.6 Å². The fourth-order valence-electron chi connectivity index (χ4n) is 2.43. The van der Waals surface area contributed by atoms with Crippen molar-refractivity contribution in [3.63, 3.8) is 0 Å². The summed E-state index contributed by atoms with van der Waals surface area (Å²) in [6.07, 6.45) is -4.46. The third-order valence-electron chi connectivity index (χ3n) is 3.59. The smallest absolute Gasteiger partial charge is 0.422 e. The third-order valence-corrected chi connectivity index (χ3v) is 3.59. The molecule has 0 aliphatic heterocycles. The largest absolute Gasteiger partial charge is 0.493 e. The first-order valence-electron chi connectivity index (χ1n) is 8.48. The number of ether oxygens (including phenoxy) is 2. The summed E-state index contributed by atoms with van der Waals surface area (Å²) in [4.78, 5) is 27.7. The first-order chi connectivity index (χ1) is 13.6. The Morgan fingerprint density at radius 3 is 2.48 bits per heavy atom. The van der Waals surface area contributed by atoms with Gasteiger partial charge in [0, 0.05) is 24.7 Å². The second kappa shape index (κ2) is 9.26.